The molecule has 1 aromatic carbocycles. The van der Waals surface area contributed by atoms with Gasteiger partial charge in [-0.05, 0) is 50.3 Å². The van der Waals surface area contributed by atoms with E-state index in [1.807, 2.05) is 0 Å². The van der Waals surface area contributed by atoms with Crippen molar-refractivity contribution in [2.45, 2.75) is 43.6 Å². The van der Waals surface area contributed by atoms with Gasteiger partial charge in [0.1, 0.15) is 6.10 Å². The Balaban J connectivity index is 2.36. The molecule has 20 heavy (non-hydrogen) atoms. The van der Waals surface area contributed by atoms with Crippen LogP contribution in [0.4, 0.5) is 0 Å². The lowest BCUT2D eigenvalue weighted by Crippen LogP contribution is -2.16. The molecule has 0 N–H and O–H groups in total. The van der Waals surface area contributed by atoms with E-state index in [9.17, 15) is 13.2 Å². The average Bonchev–Trinajstić information content (AvgIpc) is 2.83. The van der Waals surface area contributed by atoms with Crippen molar-refractivity contribution in [1.29, 1.82) is 0 Å². The van der Waals surface area contributed by atoms with Crippen LogP contribution >= 0.6 is 26.6 Å². The summed E-state index contributed by atoms with van der Waals surface area (Å²) in [7, 11) is 1.48. The van der Waals surface area contributed by atoms with Gasteiger partial charge in [-0.3, -0.25) is 0 Å². The first-order valence-electron chi connectivity index (χ1n) is 6.25. The molecule has 2 rings (SSSR count). The fourth-order valence-electron chi connectivity index (χ4n) is 2.34. The second-order valence-corrected chi connectivity index (χ2v) is 8.28. The number of carbonyl (C=O) groups excluding carboxylic acids is 1. The number of halogens is 2. The van der Waals surface area contributed by atoms with E-state index in [0.717, 1.165) is 25.7 Å². The third-order valence-electron chi connectivity index (χ3n) is 3.38. The second kappa shape index (κ2) is 6.03. The highest BCUT2D eigenvalue weighted by atomic mass is 79.9. The van der Waals surface area contributed by atoms with E-state index >= 15 is 0 Å². The molecule has 1 aliphatic carbocycles. The molecule has 1 fully saturated rings. The third-order valence-corrected chi connectivity index (χ3v) is 5.29. The first-order chi connectivity index (χ1) is 9.29. The highest BCUT2D eigenvalue weighted by molar-refractivity contribution is 9.10. The zero-order valence-corrected chi connectivity index (χ0v) is 14.0. The largest absolute Gasteiger partial charge is 0.459 e. The summed E-state index contributed by atoms with van der Waals surface area (Å²) >= 11 is 3.19. The number of benzene rings is 1. The Hall–Kier alpha value is -0.590. The van der Waals surface area contributed by atoms with Crippen LogP contribution in [0.3, 0.4) is 0 Å². The number of rotatable bonds is 3. The Kier molecular flexibility index (Phi) is 4.76. The molecular weight excluding hydrogens is 368 g/mol. The standard InChI is InChI=1S/C13H14BrClO4S/c1-8-11(13(16)19-10-4-2-3-5-10)6-9(14)7-12(8)20(15,17)18/h6-7,10H,2-5H2,1H3. The van der Waals surface area contributed by atoms with Crippen LogP contribution in [-0.2, 0) is 13.8 Å². The second-order valence-electron chi connectivity index (χ2n) is 4.83. The van der Waals surface area contributed by atoms with E-state index in [2.05, 4.69) is 15.9 Å². The van der Waals surface area contributed by atoms with Crippen molar-refractivity contribution < 1.29 is 17.9 Å². The van der Waals surface area contributed by atoms with Crippen LogP contribution in [0.1, 0.15) is 41.6 Å². The fraction of sp³-hybridized carbons (Fsp3) is 0.462. The summed E-state index contributed by atoms with van der Waals surface area (Å²) in [4.78, 5) is 12.1. The molecule has 0 amide bonds. The zero-order chi connectivity index (χ0) is 14.9. The summed E-state index contributed by atoms with van der Waals surface area (Å²) in [5.74, 6) is -0.503. The minimum atomic E-state index is -3.90. The van der Waals surface area contributed by atoms with Gasteiger partial charge in [0.2, 0.25) is 0 Å². The number of hydrogen-bond donors (Lipinski definition) is 0. The molecular formula is C13H14BrClO4S. The summed E-state index contributed by atoms with van der Waals surface area (Å²) in [6, 6.07) is 2.93. The smallest absolute Gasteiger partial charge is 0.338 e. The molecule has 7 heteroatoms. The maximum Gasteiger partial charge on any atom is 0.338 e. The minimum Gasteiger partial charge on any atom is -0.459 e. The third kappa shape index (κ3) is 3.54. The highest BCUT2D eigenvalue weighted by Gasteiger charge is 2.24. The van der Waals surface area contributed by atoms with Crippen LogP contribution in [0.15, 0.2) is 21.5 Å². The molecule has 4 nitrogen and oxygen atoms in total. The summed E-state index contributed by atoms with van der Waals surface area (Å²) in [6.07, 6.45) is 3.75. The Bertz CT molecular complexity index is 636. The number of ether oxygens (including phenoxy) is 1. The molecule has 0 spiro atoms. The van der Waals surface area contributed by atoms with Crippen molar-refractivity contribution in [2.75, 3.05) is 0 Å². The van der Waals surface area contributed by atoms with Crippen LogP contribution in [0, 0.1) is 6.92 Å². The summed E-state index contributed by atoms with van der Waals surface area (Å²) < 4.78 is 28.9. The number of esters is 1. The number of carbonyl (C=O) groups is 1. The van der Waals surface area contributed by atoms with E-state index in [-0.39, 0.29) is 16.6 Å². The Morgan fingerprint density at radius 1 is 1.35 bits per heavy atom. The molecule has 0 bridgehead atoms. The van der Waals surface area contributed by atoms with Crippen molar-refractivity contribution in [3.8, 4) is 0 Å². The van der Waals surface area contributed by atoms with Crippen LogP contribution in [0.5, 0.6) is 0 Å². The molecule has 0 saturated heterocycles. The van der Waals surface area contributed by atoms with Gasteiger partial charge in [0.15, 0.2) is 0 Å². The quantitative estimate of drug-likeness (QED) is 0.590. The predicted molar refractivity (Wildman–Crippen MR) is 79.6 cm³/mol. The van der Waals surface area contributed by atoms with Crippen molar-refractivity contribution in [2.24, 2.45) is 0 Å². The van der Waals surface area contributed by atoms with E-state index in [4.69, 9.17) is 15.4 Å². The SMILES string of the molecule is Cc1c(C(=O)OC2CCCC2)cc(Br)cc1S(=O)(=O)Cl. The van der Waals surface area contributed by atoms with Crippen molar-refractivity contribution in [3.05, 3.63) is 27.7 Å². The average molecular weight is 382 g/mol. The van der Waals surface area contributed by atoms with Crippen LogP contribution in [-0.4, -0.2) is 20.5 Å². The monoisotopic (exact) mass is 380 g/mol. The van der Waals surface area contributed by atoms with Gasteiger partial charge in [-0.2, -0.15) is 0 Å². The Morgan fingerprint density at radius 3 is 2.50 bits per heavy atom. The first kappa shape index (κ1) is 15.8. The Morgan fingerprint density at radius 2 is 1.95 bits per heavy atom. The van der Waals surface area contributed by atoms with Gasteiger partial charge in [-0.15, -0.1) is 0 Å². The van der Waals surface area contributed by atoms with Crippen molar-refractivity contribution in [3.63, 3.8) is 0 Å². The van der Waals surface area contributed by atoms with Gasteiger partial charge in [0.25, 0.3) is 9.05 Å². The predicted octanol–water partition coefficient (Wildman–Crippen LogP) is 3.78. The molecule has 0 unspecified atom stereocenters. The molecule has 0 radical (unpaired) electrons. The summed E-state index contributed by atoms with van der Waals surface area (Å²) in [5, 5.41) is 0. The lowest BCUT2D eigenvalue weighted by atomic mass is 10.1. The van der Waals surface area contributed by atoms with Gasteiger partial charge in [-0.25, -0.2) is 13.2 Å². The van der Waals surface area contributed by atoms with E-state index < -0.39 is 15.0 Å². The topological polar surface area (TPSA) is 60.4 Å². The van der Waals surface area contributed by atoms with Crippen molar-refractivity contribution >= 4 is 41.6 Å². The first-order valence-corrected chi connectivity index (χ1v) is 9.35. The van der Waals surface area contributed by atoms with E-state index in [1.165, 1.54) is 6.07 Å². The van der Waals surface area contributed by atoms with Crippen LogP contribution in [0.2, 0.25) is 0 Å². The molecule has 0 aromatic heterocycles. The van der Waals surface area contributed by atoms with Crippen LogP contribution < -0.4 is 0 Å². The molecule has 0 heterocycles. The molecule has 1 aromatic rings. The van der Waals surface area contributed by atoms with Gasteiger partial charge < -0.3 is 4.74 Å². The lowest BCUT2D eigenvalue weighted by molar-refractivity contribution is 0.0316. The maximum atomic E-state index is 12.2. The normalized spacial score (nSPS) is 16.4. The van der Waals surface area contributed by atoms with Crippen molar-refractivity contribution in [1.82, 2.24) is 0 Å². The molecule has 0 aliphatic heterocycles. The van der Waals surface area contributed by atoms with Gasteiger partial charge in [0.05, 0.1) is 10.5 Å². The van der Waals surface area contributed by atoms with E-state index in [1.54, 1.807) is 13.0 Å². The minimum absolute atomic E-state index is 0.0723. The molecule has 110 valence electrons. The Labute approximate surface area is 131 Å². The maximum absolute atomic E-state index is 12.2. The summed E-state index contributed by atoms with van der Waals surface area (Å²) in [5.41, 5.74) is 0.539. The van der Waals surface area contributed by atoms with Gasteiger partial charge >= 0.3 is 5.97 Å². The molecule has 1 aliphatic rings. The number of hydrogen-bond acceptors (Lipinski definition) is 4. The van der Waals surface area contributed by atoms with Crippen LogP contribution in [0.25, 0.3) is 0 Å². The fourth-order valence-corrected chi connectivity index (χ4v) is 4.17. The zero-order valence-electron chi connectivity index (χ0n) is 10.9. The highest BCUT2D eigenvalue weighted by Crippen LogP contribution is 2.29. The lowest BCUT2D eigenvalue weighted by Gasteiger charge is -2.14. The molecule has 1 saturated carbocycles. The summed E-state index contributed by atoms with van der Waals surface area (Å²) in [6.45, 7) is 1.55. The van der Waals surface area contributed by atoms with E-state index in [0.29, 0.717) is 10.0 Å². The van der Waals surface area contributed by atoms with Gasteiger partial charge in [-0.1, -0.05) is 15.9 Å². The molecule has 0 atom stereocenters. The van der Waals surface area contributed by atoms with Gasteiger partial charge in [0, 0.05) is 15.2 Å².